The number of nitrogens with zero attached hydrogens (tertiary/aromatic N) is 2. The van der Waals surface area contributed by atoms with E-state index >= 15 is 0 Å². The van der Waals surface area contributed by atoms with Crippen LogP contribution >= 0.6 is 34.8 Å². The van der Waals surface area contributed by atoms with Crippen LogP contribution in [0.4, 0.5) is 4.39 Å². The van der Waals surface area contributed by atoms with Gasteiger partial charge in [-0.1, -0.05) is 23.2 Å². The zero-order valence-electron chi connectivity index (χ0n) is 10.1. The fourth-order valence-corrected chi connectivity index (χ4v) is 2.84. The Hall–Kier alpha value is -1.29. The van der Waals surface area contributed by atoms with E-state index in [0.29, 0.717) is 21.4 Å². The Morgan fingerprint density at radius 3 is 2.40 bits per heavy atom. The molecule has 0 aliphatic rings. The van der Waals surface area contributed by atoms with E-state index in [4.69, 9.17) is 34.8 Å². The molecule has 6 heteroatoms. The SMILES string of the molecule is Fc1ccc2c(c1)nc(CCl)n2-c1cc(Cl)cc(Cl)c1. The molecule has 0 aliphatic heterocycles. The average molecular weight is 330 g/mol. The van der Waals surface area contributed by atoms with Crippen molar-refractivity contribution in [2.45, 2.75) is 5.88 Å². The van der Waals surface area contributed by atoms with Crippen LogP contribution in [0.5, 0.6) is 0 Å². The predicted octanol–water partition coefficient (Wildman–Crippen LogP) is 5.21. The summed E-state index contributed by atoms with van der Waals surface area (Å²) < 4.78 is 15.1. The lowest BCUT2D eigenvalue weighted by Crippen LogP contribution is -1.99. The lowest BCUT2D eigenvalue weighted by Gasteiger charge is -2.09. The molecule has 0 unspecified atom stereocenters. The number of halogens is 4. The molecule has 1 heterocycles. The van der Waals surface area contributed by atoms with Gasteiger partial charge < -0.3 is 0 Å². The number of benzene rings is 2. The number of fused-ring (bicyclic) bond motifs is 1. The quantitative estimate of drug-likeness (QED) is 0.590. The first kappa shape index (κ1) is 13.7. The van der Waals surface area contributed by atoms with Crippen LogP contribution < -0.4 is 0 Å². The van der Waals surface area contributed by atoms with Crippen LogP contribution in [0.3, 0.4) is 0 Å². The van der Waals surface area contributed by atoms with Crippen molar-refractivity contribution < 1.29 is 4.39 Å². The third-order valence-electron chi connectivity index (χ3n) is 2.91. The number of hydrogen-bond donors (Lipinski definition) is 0. The van der Waals surface area contributed by atoms with Crippen LogP contribution in [0, 0.1) is 5.82 Å². The van der Waals surface area contributed by atoms with Gasteiger partial charge in [-0.15, -0.1) is 11.6 Å². The van der Waals surface area contributed by atoms with Crippen LogP contribution in [-0.4, -0.2) is 9.55 Å². The minimum atomic E-state index is -0.340. The molecule has 0 amide bonds. The number of rotatable bonds is 2. The second-order valence-corrected chi connectivity index (χ2v) is 5.40. The highest BCUT2D eigenvalue weighted by Crippen LogP contribution is 2.27. The largest absolute Gasteiger partial charge is 0.295 e. The van der Waals surface area contributed by atoms with E-state index in [1.807, 2.05) is 4.57 Å². The van der Waals surface area contributed by atoms with Crippen molar-refractivity contribution in [3.63, 3.8) is 0 Å². The third-order valence-corrected chi connectivity index (χ3v) is 3.59. The molecule has 3 rings (SSSR count). The van der Waals surface area contributed by atoms with E-state index in [1.165, 1.54) is 12.1 Å². The zero-order chi connectivity index (χ0) is 14.3. The number of aromatic nitrogens is 2. The topological polar surface area (TPSA) is 17.8 Å². The zero-order valence-corrected chi connectivity index (χ0v) is 12.3. The fourth-order valence-electron chi connectivity index (χ4n) is 2.15. The van der Waals surface area contributed by atoms with Gasteiger partial charge in [0.25, 0.3) is 0 Å². The van der Waals surface area contributed by atoms with Crippen LogP contribution in [-0.2, 0) is 5.88 Å². The van der Waals surface area contributed by atoms with Gasteiger partial charge in [0.1, 0.15) is 11.6 Å². The first-order valence-electron chi connectivity index (χ1n) is 5.78. The van der Waals surface area contributed by atoms with Gasteiger partial charge >= 0.3 is 0 Å². The van der Waals surface area contributed by atoms with E-state index in [2.05, 4.69) is 4.98 Å². The van der Waals surface area contributed by atoms with Gasteiger partial charge in [-0.2, -0.15) is 0 Å². The summed E-state index contributed by atoms with van der Waals surface area (Å²) in [6.45, 7) is 0. The summed E-state index contributed by atoms with van der Waals surface area (Å²) >= 11 is 18.0. The van der Waals surface area contributed by atoms with Gasteiger partial charge in [-0.05, 0) is 30.3 Å². The highest BCUT2D eigenvalue weighted by Gasteiger charge is 2.13. The van der Waals surface area contributed by atoms with Crippen LogP contribution in [0.25, 0.3) is 16.7 Å². The molecule has 0 saturated carbocycles. The maximum atomic E-state index is 13.3. The van der Waals surface area contributed by atoms with Gasteiger partial charge in [0.15, 0.2) is 0 Å². The summed E-state index contributed by atoms with van der Waals surface area (Å²) in [6.07, 6.45) is 0. The maximum absolute atomic E-state index is 13.3. The summed E-state index contributed by atoms with van der Waals surface area (Å²) in [4.78, 5) is 4.33. The minimum Gasteiger partial charge on any atom is -0.295 e. The van der Waals surface area contributed by atoms with Gasteiger partial charge in [0.2, 0.25) is 0 Å². The smallest absolute Gasteiger partial charge is 0.129 e. The van der Waals surface area contributed by atoms with Gasteiger partial charge in [-0.3, -0.25) is 4.57 Å². The van der Waals surface area contributed by atoms with Crippen LogP contribution in [0.15, 0.2) is 36.4 Å². The molecule has 2 aromatic carbocycles. The van der Waals surface area contributed by atoms with Crippen LogP contribution in [0.1, 0.15) is 5.82 Å². The molecule has 0 atom stereocenters. The lowest BCUT2D eigenvalue weighted by molar-refractivity contribution is 0.629. The van der Waals surface area contributed by atoms with E-state index in [-0.39, 0.29) is 11.7 Å². The van der Waals surface area contributed by atoms with Crippen molar-refractivity contribution in [3.8, 4) is 5.69 Å². The molecule has 1 aromatic heterocycles. The number of hydrogen-bond acceptors (Lipinski definition) is 1. The third kappa shape index (κ3) is 2.37. The van der Waals surface area contributed by atoms with Gasteiger partial charge in [0.05, 0.1) is 22.6 Å². The molecule has 0 bridgehead atoms. The summed E-state index contributed by atoms with van der Waals surface area (Å²) in [5.41, 5.74) is 2.03. The summed E-state index contributed by atoms with van der Waals surface area (Å²) in [6, 6.07) is 9.56. The van der Waals surface area contributed by atoms with Gasteiger partial charge in [-0.25, -0.2) is 9.37 Å². The highest BCUT2D eigenvalue weighted by atomic mass is 35.5. The Balaban J connectivity index is 2.33. The molecule has 2 nitrogen and oxygen atoms in total. The molecule has 0 saturated heterocycles. The normalized spacial score (nSPS) is 11.2. The maximum Gasteiger partial charge on any atom is 0.129 e. The molecule has 20 heavy (non-hydrogen) atoms. The van der Waals surface area contributed by atoms with Crippen molar-refractivity contribution in [2.24, 2.45) is 0 Å². The molecule has 3 aromatic rings. The summed E-state index contributed by atoms with van der Waals surface area (Å²) in [7, 11) is 0. The molecule has 0 N–H and O–H groups in total. The summed E-state index contributed by atoms with van der Waals surface area (Å²) in [5, 5.41) is 1.02. The predicted molar refractivity (Wildman–Crippen MR) is 80.6 cm³/mol. The second kappa shape index (κ2) is 5.24. The first-order chi connectivity index (χ1) is 9.58. The Labute approximate surface area is 129 Å². The Bertz CT molecular complexity index is 778. The minimum absolute atomic E-state index is 0.195. The van der Waals surface area contributed by atoms with Crippen molar-refractivity contribution in [2.75, 3.05) is 0 Å². The Morgan fingerprint density at radius 1 is 1.05 bits per heavy atom. The molecular formula is C14H8Cl3FN2. The van der Waals surface area contributed by atoms with Crippen LogP contribution in [0.2, 0.25) is 10.0 Å². The van der Waals surface area contributed by atoms with Crippen molar-refractivity contribution in [3.05, 3.63) is 58.1 Å². The standard InChI is InChI=1S/C14H8Cl3FN2/c15-7-14-19-12-6-10(18)1-2-13(12)20(14)11-4-8(16)3-9(17)5-11/h1-6H,7H2. The van der Waals surface area contributed by atoms with E-state index in [0.717, 1.165) is 11.2 Å². The second-order valence-electron chi connectivity index (χ2n) is 4.26. The molecule has 0 radical (unpaired) electrons. The first-order valence-corrected chi connectivity index (χ1v) is 7.07. The van der Waals surface area contributed by atoms with Gasteiger partial charge in [0, 0.05) is 16.1 Å². The van der Waals surface area contributed by atoms with E-state index in [9.17, 15) is 4.39 Å². The lowest BCUT2D eigenvalue weighted by atomic mass is 10.2. The van der Waals surface area contributed by atoms with E-state index < -0.39 is 0 Å². The molecular weight excluding hydrogens is 322 g/mol. The monoisotopic (exact) mass is 328 g/mol. The molecule has 0 aliphatic carbocycles. The van der Waals surface area contributed by atoms with E-state index in [1.54, 1.807) is 24.3 Å². The average Bonchev–Trinajstić information content (AvgIpc) is 2.74. The Morgan fingerprint density at radius 2 is 1.75 bits per heavy atom. The summed E-state index contributed by atoms with van der Waals surface area (Å²) in [5.74, 6) is 0.457. The molecule has 0 spiro atoms. The Kier molecular flexibility index (Phi) is 3.59. The van der Waals surface area contributed by atoms with Crippen molar-refractivity contribution >= 4 is 45.8 Å². The number of alkyl halides is 1. The fraction of sp³-hybridized carbons (Fsp3) is 0.0714. The number of imidazole rings is 1. The van der Waals surface area contributed by atoms with Crippen molar-refractivity contribution in [1.82, 2.24) is 9.55 Å². The highest BCUT2D eigenvalue weighted by molar-refractivity contribution is 6.34. The molecule has 0 fully saturated rings. The molecule has 102 valence electrons. The van der Waals surface area contributed by atoms with Crippen molar-refractivity contribution in [1.29, 1.82) is 0 Å².